The van der Waals surface area contributed by atoms with Gasteiger partial charge in [-0.25, -0.2) is 17.6 Å². The molecule has 0 bridgehead atoms. The van der Waals surface area contributed by atoms with Crippen LogP contribution in [0, 0.1) is 5.82 Å². The van der Waals surface area contributed by atoms with E-state index in [1.54, 1.807) is 13.8 Å². The molecule has 4 amide bonds. The molecule has 0 radical (unpaired) electrons. The molecule has 0 saturated carbocycles. The molecule has 1 saturated heterocycles. The average molecular weight is 477 g/mol. The number of carbonyl (C=O) groups excluding carboxylic acids is 3. The van der Waals surface area contributed by atoms with Gasteiger partial charge in [-0.15, -0.1) is 0 Å². The molecule has 1 aliphatic heterocycles. The second-order valence-corrected chi connectivity index (χ2v) is 9.55. The molecule has 1 heterocycles. The molecule has 33 heavy (non-hydrogen) atoms. The van der Waals surface area contributed by atoms with Gasteiger partial charge in [0.1, 0.15) is 17.9 Å². The summed E-state index contributed by atoms with van der Waals surface area (Å²) < 4.78 is 39.7. The summed E-state index contributed by atoms with van der Waals surface area (Å²) in [5, 5.41) is 5.09. The maximum absolute atomic E-state index is 13.2. The minimum absolute atomic E-state index is 0.0911. The molecule has 0 aliphatic carbocycles. The minimum Gasteiger partial charge on any atom is -0.325 e. The maximum Gasteiger partial charge on any atom is 0.325 e. The Labute approximate surface area is 191 Å². The lowest BCUT2D eigenvalue weighted by molar-refractivity contribution is -0.133. The van der Waals surface area contributed by atoms with Gasteiger partial charge >= 0.3 is 6.03 Å². The highest BCUT2D eigenvalue weighted by molar-refractivity contribution is 7.89. The van der Waals surface area contributed by atoms with Gasteiger partial charge < -0.3 is 10.6 Å². The van der Waals surface area contributed by atoms with Gasteiger partial charge in [-0.2, -0.15) is 4.31 Å². The van der Waals surface area contributed by atoms with Gasteiger partial charge in [0.15, 0.2) is 0 Å². The van der Waals surface area contributed by atoms with Crippen molar-refractivity contribution in [3.05, 3.63) is 59.9 Å². The zero-order chi connectivity index (χ0) is 24.4. The number of urea groups is 1. The van der Waals surface area contributed by atoms with Gasteiger partial charge in [0.05, 0.1) is 4.90 Å². The Morgan fingerprint density at radius 1 is 1.06 bits per heavy atom. The van der Waals surface area contributed by atoms with Crippen LogP contribution in [0.15, 0.2) is 53.4 Å². The third kappa shape index (κ3) is 4.74. The Bertz CT molecular complexity index is 1160. The minimum atomic E-state index is -3.63. The number of rotatable bonds is 8. The summed E-state index contributed by atoms with van der Waals surface area (Å²) in [5.74, 6) is -1.76. The molecule has 2 aromatic carbocycles. The van der Waals surface area contributed by atoms with Crippen LogP contribution in [0.2, 0.25) is 0 Å². The molecular weight excluding hydrogens is 451 g/mol. The van der Waals surface area contributed by atoms with Crippen LogP contribution in [0.3, 0.4) is 0 Å². The number of imide groups is 1. The Morgan fingerprint density at radius 2 is 1.64 bits per heavy atom. The Balaban J connectivity index is 1.69. The fourth-order valence-electron chi connectivity index (χ4n) is 3.59. The Hall–Kier alpha value is -3.31. The monoisotopic (exact) mass is 476 g/mol. The second kappa shape index (κ2) is 9.28. The fourth-order valence-corrected chi connectivity index (χ4v) is 5.04. The summed E-state index contributed by atoms with van der Waals surface area (Å²) in [4.78, 5) is 38.6. The lowest BCUT2D eigenvalue weighted by Crippen LogP contribution is -2.42. The summed E-state index contributed by atoms with van der Waals surface area (Å²) in [5.41, 5.74) is -0.729. The first kappa shape index (κ1) is 24.3. The summed E-state index contributed by atoms with van der Waals surface area (Å²) in [6.45, 7) is 5.09. The molecule has 1 fully saturated rings. The largest absolute Gasteiger partial charge is 0.325 e. The van der Waals surface area contributed by atoms with Crippen LogP contribution in [0.5, 0.6) is 0 Å². The number of anilines is 1. The van der Waals surface area contributed by atoms with E-state index in [1.807, 2.05) is 0 Å². The van der Waals surface area contributed by atoms with Crippen molar-refractivity contribution in [1.29, 1.82) is 0 Å². The molecule has 1 atom stereocenters. The van der Waals surface area contributed by atoms with Gasteiger partial charge in [0.25, 0.3) is 5.91 Å². The van der Waals surface area contributed by atoms with Crippen LogP contribution in [0.4, 0.5) is 14.9 Å². The van der Waals surface area contributed by atoms with Crippen LogP contribution >= 0.6 is 0 Å². The van der Waals surface area contributed by atoms with Crippen molar-refractivity contribution in [2.75, 3.05) is 25.0 Å². The third-order valence-corrected chi connectivity index (χ3v) is 7.54. The maximum atomic E-state index is 13.2. The van der Waals surface area contributed by atoms with Crippen LogP contribution in [-0.4, -0.2) is 55.1 Å². The first-order chi connectivity index (χ1) is 15.5. The topological polar surface area (TPSA) is 116 Å². The number of sulfonamides is 1. The van der Waals surface area contributed by atoms with Gasteiger partial charge in [-0.3, -0.25) is 14.5 Å². The lowest BCUT2D eigenvalue weighted by atomic mass is 9.92. The van der Waals surface area contributed by atoms with E-state index in [1.165, 1.54) is 59.8 Å². The predicted molar refractivity (Wildman–Crippen MR) is 119 cm³/mol. The van der Waals surface area contributed by atoms with Gasteiger partial charge in [0, 0.05) is 18.8 Å². The van der Waals surface area contributed by atoms with Gasteiger partial charge in [0.2, 0.25) is 15.9 Å². The molecule has 0 spiro atoms. The van der Waals surface area contributed by atoms with Gasteiger partial charge in [-0.1, -0.05) is 26.0 Å². The number of amides is 4. The van der Waals surface area contributed by atoms with Crippen molar-refractivity contribution in [2.45, 2.75) is 31.2 Å². The molecular formula is C22H25FN4O5S. The molecule has 9 nitrogen and oxygen atoms in total. The first-order valence-electron chi connectivity index (χ1n) is 10.3. The molecule has 2 aromatic rings. The van der Waals surface area contributed by atoms with Crippen LogP contribution < -0.4 is 10.6 Å². The predicted octanol–water partition coefficient (Wildman–Crippen LogP) is 2.26. The van der Waals surface area contributed by atoms with E-state index in [0.717, 1.165) is 4.90 Å². The normalized spacial score (nSPS) is 18.5. The van der Waals surface area contributed by atoms with E-state index >= 15 is 0 Å². The highest BCUT2D eigenvalue weighted by atomic mass is 32.2. The van der Waals surface area contributed by atoms with Crippen molar-refractivity contribution in [2.24, 2.45) is 0 Å². The number of nitrogens with one attached hydrogen (secondary N) is 2. The zero-order valence-electron chi connectivity index (χ0n) is 18.5. The van der Waals surface area contributed by atoms with Crippen LogP contribution in [-0.2, 0) is 25.2 Å². The van der Waals surface area contributed by atoms with Crippen LogP contribution in [0.1, 0.15) is 26.3 Å². The number of nitrogens with zero attached hydrogens (tertiary/aromatic N) is 2. The zero-order valence-corrected chi connectivity index (χ0v) is 19.3. The highest BCUT2D eigenvalue weighted by Crippen LogP contribution is 2.29. The van der Waals surface area contributed by atoms with E-state index in [4.69, 9.17) is 0 Å². The van der Waals surface area contributed by atoms with E-state index in [9.17, 15) is 27.2 Å². The average Bonchev–Trinajstić information content (AvgIpc) is 2.99. The SMILES string of the molecule is CCN(CC)S(=O)(=O)c1ccc(NC(=O)CN2C(=O)NC(C)(c3ccc(F)cc3)C2=O)cc1. The summed E-state index contributed by atoms with van der Waals surface area (Å²) in [7, 11) is -3.63. The number of benzene rings is 2. The third-order valence-electron chi connectivity index (χ3n) is 5.48. The number of halogens is 1. The molecule has 0 aromatic heterocycles. The molecule has 2 N–H and O–H groups in total. The fraction of sp³-hybridized carbons (Fsp3) is 0.318. The summed E-state index contributed by atoms with van der Waals surface area (Å²) >= 11 is 0. The quantitative estimate of drug-likeness (QED) is 0.567. The number of hydrogen-bond acceptors (Lipinski definition) is 5. The standard InChI is InChI=1S/C22H25FN4O5S/c1-4-26(5-2)33(31,32)18-12-10-17(11-13-18)24-19(28)14-27-20(29)22(3,25-21(27)30)15-6-8-16(23)9-7-15/h6-13H,4-5,14H2,1-3H3,(H,24,28)(H,25,30). The van der Waals surface area contributed by atoms with Crippen molar-refractivity contribution < 1.29 is 27.2 Å². The summed E-state index contributed by atoms with van der Waals surface area (Å²) in [6, 6.07) is 10.0. The molecule has 3 rings (SSSR count). The van der Waals surface area contributed by atoms with E-state index in [0.29, 0.717) is 24.3 Å². The Kier molecular flexibility index (Phi) is 6.84. The van der Waals surface area contributed by atoms with Crippen molar-refractivity contribution in [3.63, 3.8) is 0 Å². The number of hydrogen-bond donors (Lipinski definition) is 2. The molecule has 11 heteroatoms. The van der Waals surface area contributed by atoms with Crippen molar-refractivity contribution >= 4 is 33.6 Å². The molecule has 1 aliphatic rings. The lowest BCUT2D eigenvalue weighted by Gasteiger charge is -2.22. The van der Waals surface area contributed by atoms with Crippen molar-refractivity contribution in [3.8, 4) is 0 Å². The Morgan fingerprint density at radius 3 is 2.18 bits per heavy atom. The summed E-state index contributed by atoms with van der Waals surface area (Å²) in [6.07, 6.45) is 0. The van der Waals surface area contributed by atoms with E-state index in [-0.39, 0.29) is 4.90 Å². The molecule has 1 unspecified atom stereocenters. The van der Waals surface area contributed by atoms with Gasteiger partial charge in [-0.05, 0) is 48.9 Å². The molecule has 176 valence electrons. The van der Waals surface area contributed by atoms with Crippen LogP contribution in [0.25, 0.3) is 0 Å². The smallest absolute Gasteiger partial charge is 0.325 e. The first-order valence-corrected chi connectivity index (χ1v) is 11.8. The van der Waals surface area contributed by atoms with Crippen molar-refractivity contribution in [1.82, 2.24) is 14.5 Å². The highest BCUT2D eigenvalue weighted by Gasteiger charge is 2.49. The van der Waals surface area contributed by atoms with E-state index in [2.05, 4.69) is 10.6 Å². The number of carbonyl (C=O) groups is 3. The van der Waals surface area contributed by atoms with E-state index < -0.39 is 45.8 Å². The second-order valence-electron chi connectivity index (χ2n) is 7.62.